The summed E-state index contributed by atoms with van der Waals surface area (Å²) in [7, 11) is 3.10. The lowest BCUT2D eigenvalue weighted by Crippen LogP contribution is -2.49. The zero-order chi connectivity index (χ0) is 13.7. The maximum atomic E-state index is 12.1. The second kappa shape index (κ2) is 6.65. The van der Waals surface area contributed by atoms with Crippen molar-refractivity contribution in [3.05, 3.63) is 35.4 Å². The summed E-state index contributed by atoms with van der Waals surface area (Å²) in [5.41, 5.74) is 2.50. The lowest BCUT2D eigenvalue weighted by molar-refractivity contribution is -0.129. The lowest BCUT2D eigenvalue weighted by Gasteiger charge is -2.26. The molecule has 2 rings (SSSR count). The first-order valence-corrected chi connectivity index (χ1v) is 6.38. The molecule has 5 heteroatoms. The third-order valence-corrected chi connectivity index (χ3v) is 3.37. The molecule has 1 atom stereocenters. The van der Waals surface area contributed by atoms with E-state index in [9.17, 15) is 4.79 Å². The highest BCUT2D eigenvalue weighted by atomic mass is 16.7. The Bertz CT molecular complexity index is 432. The Labute approximate surface area is 113 Å². The number of fused-ring (bicyclic) bond motifs is 1. The van der Waals surface area contributed by atoms with Gasteiger partial charge in [-0.3, -0.25) is 4.79 Å². The van der Waals surface area contributed by atoms with Crippen LogP contribution in [0.15, 0.2) is 24.3 Å². The first-order valence-electron chi connectivity index (χ1n) is 6.38. The van der Waals surface area contributed by atoms with E-state index in [1.165, 1.54) is 11.1 Å². The molecular formula is C14H20N2O3. The van der Waals surface area contributed by atoms with E-state index in [1.807, 2.05) is 12.1 Å². The van der Waals surface area contributed by atoms with Crippen LogP contribution in [-0.4, -0.2) is 39.0 Å². The van der Waals surface area contributed by atoms with Crippen molar-refractivity contribution in [2.24, 2.45) is 0 Å². The van der Waals surface area contributed by atoms with Crippen molar-refractivity contribution in [1.82, 2.24) is 10.6 Å². The normalized spacial score (nSPS) is 18.2. The summed E-state index contributed by atoms with van der Waals surface area (Å²) in [4.78, 5) is 12.1. The number of carbonyl (C=O) groups excluding carboxylic acids is 1. The molecule has 1 aliphatic rings. The third kappa shape index (κ3) is 3.53. The summed E-state index contributed by atoms with van der Waals surface area (Å²) >= 11 is 0. The van der Waals surface area contributed by atoms with Crippen LogP contribution in [0.5, 0.6) is 0 Å². The van der Waals surface area contributed by atoms with Crippen molar-refractivity contribution in [2.75, 3.05) is 20.8 Å². The van der Waals surface area contributed by atoms with Crippen LogP contribution in [-0.2, 0) is 27.2 Å². The van der Waals surface area contributed by atoms with Gasteiger partial charge in [0.05, 0.1) is 12.6 Å². The van der Waals surface area contributed by atoms with Crippen molar-refractivity contribution in [3.8, 4) is 0 Å². The zero-order valence-corrected chi connectivity index (χ0v) is 11.3. The zero-order valence-electron chi connectivity index (χ0n) is 11.3. The van der Waals surface area contributed by atoms with E-state index in [0.29, 0.717) is 13.0 Å². The molecule has 0 bridgehead atoms. The van der Waals surface area contributed by atoms with Gasteiger partial charge in [-0.25, -0.2) is 0 Å². The minimum Gasteiger partial charge on any atom is -0.354 e. The second-order valence-electron chi connectivity index (χ2n) is 4.55. The Morgan fingerprint density at radius 1 is 1.37 bits per heavy atom. The molecule has 1 aliphatic heterocycles. The fourth-order valence-corrected chi connectivity index (χ4v) is 2.21. The lowest BCUT2D eigenvalue weighted by atomic mass is 9.95. The Balaban J connectivity index is 1.88. The third-order valence-electron chi connectivity index (χ3n) is 3.37. The first kappa shape index (κ1) is 14.0. The highest BCUT2D eigenvalue weighted by Crippen LogP contribution is 2.16. The molecule has 0 aliphatic carbocycles. The van der Waals surface area contributed by atoms with Crippen LogP contribution in [0, 0.1) is 0 Å². The van der Waals surface area contributed by atoms with E-state index in [-0.39, 0.29) is 11.9 Å². The van der Waals surface area contributed by atoms with Gasteiger partial charge >= 0.3 is 0 Å². The predicted molar refractivity (Wildman–Crippen MR) is 71.6 cm³/mol. The largest absolute Gasteiger partial charge is 0.354 e. The smallest absolute Gasteiger partial charge is 0.237 e. The molecule has 1 aromatic carbocycles. The number of amides is 1. The van der Waals surface area contributed by atoms with E-state index in [2.05, 4.69) is 22.8 Å². The molecule has 5 nitrogen and oxygen atoms in total. The summed E-state index contributed by atoms with van der Waals surface area (Å²) in [5.74, 6) is -0.0198. The minimum atomic E-state index is -0.403. The van der Waals surface area contributed by atoms with E-state index >= 15 is 0 Å². The quantitative estimate of drug-likeness (QED) is 0.758. The summed E-state index contributed by atoms with van der Waals surface area (Å²) < 4.78 is 10.1. The number of rotatable bonds is 5. The molecule has 0 saturated heterocycles. The van der Waals surface area contributed by atoms with E-state index < -0.39 is 6.29 Å². The van der Waals surface area contributed by atoms with E-state index in [1.54, 1.807) is 14.2 Å². The minimum absolute atomic E-state index is 0.0198. The number of methoxy groups -OCH3 is 2. The predicted octanol–water partition coefficient (Wildman–Crippen LogP) is 0.436. The van der Waals surface area contributed by atoms with Crippen LogP contribution < -0.4 is 10.6 Å². The molecule has 2 N–H and O–H groups in total. The van der Waals surface area contributed by atoms with Gasteiger partial charge in [-0.1, -0.05) is 24.3 Å². The van der Waals surface area contributed by atoms with Crippen LogP contribution in [0.4, 0.5) is 0 Å². The summed E-state index contributed by atoms with van der Waals surface area (Å²) in [6.45, 7) is 1.08. The number of benzene rings is 1. The molecule has 19 heavy (non-hydrogen) atoms. The van der Waals surface area contributed by atoms with Crippen LogP contribution in [0.1, 0.15) is 11.1 Å². The highest BCUT2D eigenvalue weighted by Gasteiger charge is 2.24. The van der Waals surface area contributed by atoms with Crippen LogP contribution in [0.3, 0.4) is 0 Å². The Morgan fingerprint density at radius 2 is 2.05 bits per heavy atom. The average molecular weight is 264 g/mol. The summed E-state index contributed by atoms with van der Waals surface area (Å²) in [6.07, 6.45) is 0.312. The molecule has 1 heterocycles. The number of hydrogen-bond acceptors (Lipinski definition) is 4. The van der Waals surface area contributed by atoms with E-state index in [0.717, 1.165) is 6.54 Å². The van der Waals surface area contributed by atoms with Gasteiger partial charge in [0.2, 0.25) is 5.91 Å². The van der Waals surface area contributed by atoms with Gasteiger partial charge in [-0.05, 0) is 17.5 Å². The fraction of sp³-hybridized carbons (Fsp3) is 0.500. The fourth-order valence-electron chi connectivity index (χ4n) is 2.21. The Kier molecular flexibility index (Phi) is 4.90. The van der Waals surface area contributed by atoms with E-state index in [4.69, 9.17) is 9.47 Å². The van der Waals surface area contributed by atoms with Gasteiger partial charge in [0.25, 0.3) is 0 Å². The summed E-state index contributed by atoms with van der Waals surface area (Å²) in [5, 5.41) is 6.07. The number of carbonyl (C=O) groups is 1. The molecule has 1 aromatic rings. The summed E-state index contributed by atoms with van der Waals surface area (Å²) in [6, 6.07) is 7.99. The van der Waals surface area contributed by atoms with Gasteiger partial charge in [0.15, 0.2) is 6.29 Å². The highest BCUT2D eigenvalue weighted by molar-refractivity contribution is 5.82. The van der Waals surface area contributed by atoms with Crippen molar-refractivity contribution >= 4 is 5.91 Å². The first-order chi connectivity index (χ1) is 9.24. The average Bonchev–Trinajstić information content (AvgIpc) is 2.47. The standard InChI is InChI=1S/C14H20N2O3/c1-18-13(19-2)9-16-14(17)12-7-10-5-3-4-6-11(10)8-15-12/h3-6,12-13,15H,7-9H2,1-2H3,(H,16,17)/t12-/m0/s1. The molecule has 0 aromatic heterocycles. The Hall–Kier alpha value is -1.43. The van der Waals surface area contributed by atoms with Gasteiger partial charge < -0.3 is 20.1 Å². The SMILES string of the molecule is COC(CNC(=O)[C@@H]1Cc2ccccc2CN1)OC. The molecule has 1 amide bonds. The number of nitrogens with one attached hydrogen (secondary N) is 2. The number of ether oxygens (including phenoxy) is 2. The molecule has 0 unspecified atom stereocenters. The van der Waals surface area contributed by atoms with Gasteiger partial charge in [-0.2, -0.15) is 0 Å². The molecule has 104 valence electrons. The Morgan fingerprint density at radius 3 is 2.74 bits per heavy atom. The molecule has 0 saturated carbocycles. The number of hydrogen-bond donors (Lipinski definition) is 2. The topological polar surface area (TPSA) is 59.6 Å². The van der Waals surface area contributed by atoms with Crippen molar-refractivity contribution < 1.29 is 14.3 Å². The van der Waals surface area contributed by atoms with Gasteiger partial charge in [0, 0.05) is 20.8 Å². The van der Waals surface area contributed by atoms with Gasteiger partial charge in [0.1, 0.15) is 0 Å². The van der Waals surface area contributed by atoms with Crippen LogP contribution >= 0.6 is 0 Å². The maximum Gasteiger partial charge on any atom is 0.237 e. The van der Waals surface area contributed by atoms with Crippen molar-refractivity contribution in [1.29, 1.82) is 0 Å². The molecule has 0 fully saturated rings. The van der Waals surface area contributed by atoms with Crippen molar-refractivity contribution in [3.63, 3.8) is 0 Å². The van der Waals surface area contributed by atoms with Crippen molar-refractivity contribution in [2.45, 2.75) is 25.3 Å². The second-order valence-corrected chi connectivity index (χ2v) is 4.55. The van der Waals surface area contributed by atoms with Crippen LogP contribution in [0.25, 0.3) is 0 Å². The molecular weight excluding hydrogens is 244 g/mol. The molecule has 0 spiro atoms. The monoisotopic (exact) mass is 264 g/mol. The van der Waals surface area contributed by atoms with Gasteiger partial charge in [-0.15, -0.1) is 0 Å². The van der Waals surface area contributed by atoms with Crippen LogP contribution in [0.2, 0.25) is 0 Å². The molecule has 0 radical (unpaired) electrons. The maximum absolute atomic E-state index is 12.1.